The van der Waals surface area contributed by atoms with Gasteiger partial charge in [0.15, 0.2) is 0 Å². The number of hydrogen-bond donors (Lipinski definition) is 6. The summed E-state index contributed by atoms with van der Waals surface area (Å²) >= 11 is 0. The molecule has 4 fully saturated rings. The summed E-state index contributed by atoms with van der Waals surface area (Å²) in [6.45, 7) is 33.5. The molecule has 0 aromatic heterocycles. The van der Waals surface area contributed by atoms with Gasteiger partial charge in [-0.1, -0.05) is 6.58 Å². The van der Waals surface area contributed by atoms with Gasteiger partial charge in [-0.2, -0.15) is 0 Å². The van der Waals surface area contributed by atoms with Crippen molar-refractivity contribution in [3.63, 3.8) is 0 Å². The van der Waals surface area contributed by atoms with Gasteiger partial charge >= 0.3 is 18.3 Å². The minimum atomic E-state index is -1.38. The van der Waals surface area contributed by atoms with Crippen molar-refractivity contribution in [3.05, 3.63) is 108 Å². The van der Waals surface area contributed by atoms with Crippen LogP contribution in [0.25, 0.3) is 0 Å². The van der Waals surface area contributed by atoms with Gasteiger partial charge in [-0.05, 0) is 137 Å². The second-order valence-electron chi connectivity index (χ2n) is 26.7. The van der Waals surface area contributed by atoms with Crippen LogP contribution in [0.1, 0.15) is 83.1 Å². The minimum Gasteiger partial charge on any atom is -0.508 e. The fourth-order valence-corrected chi connectivity index (χ4v) is 9.30. The van der Waals surface area contributed by atoms with Crippen LogP contribution >= 0.6 is 0 Å². The highest BCUT2D eigenvalue weighted by Gasteiger charge is 2.31. The monoisotopic (exact) mass is 1310 g/mol. The molecular weight excluding hydrogens is 1220 g/mol. The molecule has 2 unspecified atom stereocenters. The van der Waals surface area contributed by atoms with Crippen LogP contribution < -0.4 is 39.1 Å². The number of nitrogens with zero attached hydrogens (tertiary/aromatic N) is 7. The Balaban J connectivity index is 0.000000226. The van der Waals surface area contributed by atoms with Crippen molar-refractivity contribution in [1.82, 2.24) is 20.0 Å². The number of aliphatic hydroxyl groups excluding tert-OH is 2. The third-order valence-corrected chi connectivity index (χ3v) is 14.2. The third kappa shape index (κ3) is 26.0. The van der Waals surface area contributed by atoms with Gasteiger partial charge in [-0.25, -0.2) is 31.9 Å². The van der Waals surface area contributed by atoms with E-state index in [2.05, 4.69) is 11.9 Å². The highest BCUT2D eigenvalue weighted by atomic mass is 19.1. The van der Waals surface area contributed by atoms with Crippen molar-refractivity contribution in [2.24, 2.45) is 0 Å². The summed E-state index contributed by atoms with van der Waals surface area (Å²) in [6, 6.07) is 18.1. The number of nitrogens with one attached hydrogen (secondary N) is 1. The SMILES string of the molecule is C=C(C)COc1ccc(N2CCN(C(=O)OC(C)(C)C)CC2)c(F)c1.CC(C)(C)OC(=O)N1CCN(c2ccc(O)cc2F)CC1.CC(O)(CO)COc1ccc(N2CCN(C(=O)OC(C)(C)C)CC2)c(F)c1.CC(O)(CO)COc1ccc(N2CCNCC2)c(F)c1. The van der Waals surface area contributed by atoms with Crippen molar-refractivity contribution < 1.29 is 85.9 Å². The summed E-state index contributed by atoms with van der Waals surface area (Å²) < 4.78 is 88.9. The average Bonchev–Trinajstić information content (AvgIpc) is 0.938. The summed E-state index contributed by atoms with van der Waals surface area (Å²) in [5, 5.41) is 49.8. The topological polar surface area (TPSA) is 242 Å². The molecule has 93 heavy (non-hydrogen) atoms. The van der Waals surface area contributed by atoms with Gasteiger partial charge in [0.1, 0.15) is 94.1 Å². The zero-order chi connectivity index (χ0) is 69.1. The fraction of sp³-hybridized carbons (Fsp3) is 0.567. The second-order valence-corrected chi connectivity index (χ2v) is 26.7. The summed E-state index contributed by atoms with van der Waals surface area (Å²) in [5.41, 5.74) is -1.45. The number of phenolic OH excluding ortho intramolecular Hbond substituents is 1. The molecule has 4 aromatic rings. The summed E-state index contributed by atoms with van der Waals surface area (Å²) in [6.07, 6.45) is -1.02. The first kappa shape index (κ1) is 76.1. The molecule has 4 saturated heterocycles. The number of amides is 3. The molecule has 4 aliphatic heterocycles. The first-order chi connectivity index (χ1) is 43.4. The highest BCUT2D eigenvalue weighted by Crippen LogP contribution is 2.30. The largest absolute Gasteiger partial charge is 0.508 e. The van der Waals surface area contributed by atoms with Crippen LogP contribution in [0.15, 0.2) is 84.9 Å². The number of aromatic hydroxyl groups is 1. The van der Waals surface area contributed by atoms with Crippen LogP contribution in [0.2, 0.25) is 0 Å². The van der Waals surface area contributed by atoms with E-state index in [1.54, 1.807) is 57.2 Å². The van der Waals surface area contributed by atoms with E-state index in [-0.39, 0.29) is 54.6 Å². The number of ether oxygens (including phenoxy) is 6. The summed E-state index contributed by atoms with van der Waals surface area (Å²) in [4.78, 5) is 48.7. The lowest BCUT2D eigenvalue weighted by Crippen LogP contribution is -2.50. The van der Waals surface area contributed by atoms with Gasteiger partial charge in [0.2, 0.25) is 0 Å². The molecule has 22 nitrogen and oxygen atoms in total. The Hall–Kier alpha value is -7.65. The highest BCUT2D eigenvalue weighted by molar-refractivity contribution is 5.70. The maximum Gasteiger partial charge on any atom is 0.410 e. The van der Waals surface area contributed by atoms with Crippen molar-refractivity contribution in [2.75, 3.05) is 157 Å². The number of anilines is 4. The van der Waals surface area contributed by atoms with Crippen LogP contribution in [-0.2, 0) is 14.2 Å². The predicted octanol–water partition coefficient (Wildman–Crippen LogP) is 8.79. The molecule has 4 aromatic carbocycles. The Morgan fingerprint density at radius 1 is 0.452 bits per heavy atom. The normalized spacial score (nSPS) is 16.8. The van der Waals surface area contributed by atoms with Crippen LogP contribution in [-0.4, -0.2) is 224 Å². The van der Waals surface area contributed by atoms with Gasteiger partial charge in [-0.15, -0.1) is 0 Å². The van der Waals surface area contributed by atoms with E-state index in [9.17, 15) is 47.3 Å². The Morgan fingerprint density at radius 2 is 0.731 bits per heavy atom. The smallest absolute Gasteiger partial charge is 0.410 e. The lowest BCUT2D eigenvalue weighted by Gasteiger charge is -2.36. The van der Waals surface area contributed by atoms with Crippen molar-refractivity contribution in [3.8, 4) is 23.0 Å². The number of aliphatic hydroxyl groups is 4. The van der Waals surface area contributed by atoms with Crippen LogP contribution in [0.4, 0.5) is 54.7 Å². The molecule has 0 bridgehead atoms. The minimum absolute atomic E-state index is 0.0874. The molecular formula is C67H98F4N8O14. The Labute approximate surface area is 544 Å². The first-order valence-electron chi connectivity index (χ1n) is 31.1. The predicted molar refractivity (Wildman–Crippen MR) is 349 cm³/mol. The van der Waals surface area contributed by atoms with Gasteiger partial charge in [0.05, 0.1) is 36.0 Å². The van der Waals surface area contributed by atoms with Crippen LogP contribution in [0, 0.1) is 23.3 Å². The number of rotatable bonds is 15. The second kappa shape index (κ2) is 34.0. The van der Waals surface area contributed by atoms with E-state index < -0.39 is 52.9 Å². The Morgan fingerprint density at radius 3 is 1.00 bits per heavy atom. The molecule has 26 heteroatoms. The fourth-order valence-electron chi connectivity index (χ4n) is 9.30. The standard InChI is InChI=1S/C19H29FN2O5.C19H27FN2O3.C15H21FN2O3.C14H21FN2O3/c1-18(2,3)27-17(24)22-9-7-21(8-10-22)16-6-5-14(11-15(16)20)26-13-19(4,25)12-23;1-14(2)13-24-15-6-7-17(16(20)12-15)21-8-10-22(11-9-21)18(23)25-19(3,4)5;1-15(2,3)21-14(20)18-8-6-17(7-9-18)13-5-4-11(19)10-12(13)16;1-14(19,9-18)10-20-11-2-3-13(12(15)8-11)17-6-4-16-5-7-17/h5-6,11,23,25H,7-10,12-13H2,1-4H3;6-7,12H,1,8-11,13H2,2-5H3;4-5,10,19H,6-9H2,1-3H3;2-3,8,16,18-19H,4-7,9-10H2,1H3. The van der Waals surface area contributed by atoms with E-state index in [1.165, 1.54) is 38.1 Å². The summed E-state index contributed by atoms with van der Waals surface area (Å²) in [5.74, 6) is -0.562. The number of carbonyl (C=O) groups excluding carboxylic acids is 3. The number of hydrogen-bond acceptors (Lipinski definition) is 19. The van der Waals surface area contributed by atoms with Crippen molar-refractivity contribution in [2.45, 2.75) is 111 Å². The molecule has 3 amide bonds. The molecule has 0 radical (unpaired) electrons. The number of carbonyl (C=O) groups is 3. The zero-order valence-corrected chi connectivity index (χ0v) is 56.0. The van der Waals surface area contributed by atoms with E-state index in [1.807, 2.05) is 88.8 Å². The van der Waals surface area contributed by atoms with Crippen molar-refractivity contribution in [1.29, 1.82) is 0 Å². The van der Waals surface area contributed by atoms with E-state index in [4.69, 9.17) is 38.6 Å². The number of phenols is 1. The maximum absolute atomic E-state index is 14.5. The first-order valence-corrected chi connectivity index (χ1v) is 31.1. The van der Waals surface area contributed by atoms with Crippen LogP contribution in [0.5, 0.6) is 23.0 Å². The zero-order valence-electron chi connectivity index (χ0n) is 56.0. The van der Waals surface area contributed by atoms with Crippen molar-refractivity contribution >= 4 is 41.0 Å². The molecule has 518 valence electrons. The maximum atomic E-state index is 14.5. The number of benzene rings is 4. The van der Waals surface area contributed by atoms with Gasteiger partial charge in [-0.3, -0.25) is 0 Å². The molecule has 0 aliphatic carbocycles. The molecule has 8 rings (SSSR count). The van der Waals surface area contributed by atoms with Crippen LogP contribution in [0.3, 0.4) is 0 Å². The molecule has 4 heterocycles. The Kier molecular flexibility index (Phi) is 27.8. The summed E-state index contributed by atoms with van der Waals surface area (Å²) in [7, 11) is 0. The molecule has 2 atom stereocenters. The van der Waals surface area contributed by atoms with E-state index >= 15 is 0 Å². The molecule has 0 spiro atoms. The quantitative estimate of drug-likeness (QED) is 0.0370. The van der Waals surface area contributed by atoms with E-state index in [0.717, 1.165) is 37.8 Å². The average molecular weight is 1320 g/mol. The number of halogens is 4. The van der Waals surface area contributed by atoms with Gasteiger partial charge < -0.3 is 93.6 Å². The number of piperazine rings is 4. The lowest BCUT2D eigenvalue weighted by atomic mass is 10.1. The molecule has 4 aliphatic rings. The Bertz CT molecular complexity index is 3060. The van der Waals surface area contributed by atoms with Gasteiger partial charge in [0.25, 0.3) is 0 Å². The molecule has 6 N–H and O–H groups in total. The van der Waals surface area contributed by atoms with E-state index in [0.29, 0.717) is 119 Å². The molecule has 0 saturated carbocycles. The van der Waals surface area contributed by atoms with Gasteiger partial charge in [0, 0.05) is 129 Å². The third-order valence-electron chi connectivity index (χ3n) is 14.2. The lowest BCUT2D eigenvalue weighted by molar-refractivity contribution is -0.0326.